The van der Waals surface area contributed by atoms with Crippen LogP contribution in [0.2, 0.25) is 0 Å². The van der Waals surface area contributed by atoms with Crippen LogP contribution < -0.4 is 0 Å². The zero-order valence-electron chi connectivity index (χ0n) is 18.0. The Morgan fingerprint density at radius 3 is 2.07 bits per heavy atom. The Labute approximate surface area is 172 Å². The summed E-state index contributed by atoms with van der Waals surface area (Å²) in [6, 6.07) is 12.8. The minimum atomic E-state index is 0.898. The summed E-state index contributed by atoms with van der Waals surface area (Å²) in [4.78, 5) is 0. The van der Waals surface area contributed by atoms with Gasteiger partial charge >= 0.3 is 0 Å². The molecule has 1 fully saturated rings. The van der Waals surface area contributed by atoms with Gasteiger partial charge in [-0.15, -0.1) is 0 Å². The molecule has 0 amide bonds. The van der Waals surface area contributed by atoms with E-state index in [9.17, 15) is 0 Å². The van der Waals surface area contributed by atoms with Crippen molar-refractivity contribution in [1.82, 2.24) is 10.2 Å². The summed E-state index contributed by atoms with van der Waals surface area (Å²) in [7, 11) is 0. The first kappa shape index (κ1) is 21.0. The molecule has 0 spiro atoms. The Kier molecular flexibility index (Phi) is 8.51. The summed E-state index contributed by atoms with van der Waals surface area (Å²) in [6.45, 7) is 4.41. The summed E-state index contributed by atoms with van der Waals surface area (Å²) in [5, 5.41) is 8.95. The average molecular weight is 379 g/mol. The molecule has 0 aliphatic heterocycles. The fourth-order valence-electron chi connectivity index (χ4n) is 4.57. The van der Waals surface area contributed by atoms with E-state index in [0.29, 0.717) is 0 Å². The van der Waals surface area contributed by atoms with Gasteiger partial charge in [0.15, 0.2) is 0 Å². The van der Waals surface area contributed by atoms with E-state index in [1.54, 1.807) is 0 Å². The predicted octanol–water partition coefficient (Wildman–Crippen LogP) is 7.55. The summed E-state index contributed by atoms with van der Waals surface area (Å²) >= 11 is 0. The monoisotopic (exact) mass is 378 g/mol. The molecule has 0 saturated heterocycles. The molecule has 2 nitrogen and oxygen atoms in total. The van der Waals surface area contributed by atoms with E-state index in [-0.39, 0.29) is 0 Å². The molecule has 1 aliphatic rings. The highest BCUT2D eigenvalue weighted by Crippen LogP contribution is 2.34. The van der Waals surface area contributed by atoms with Crippen LogP contribution in [0.25, 0.3) is 11.3 Å². The van der Waals surface area contributed by atoms with Crippen molar-refractivity contribution in [2.75, 3.05) is 0 Å². The Morgan fingerprint density at radius 2 is 1.43 bits per heavy atom. The van der Waals surface area contributed by atoms with E-state index >= 15 is 0 Å². The number of benzene rings is 1. The van der Waals surface area contributed by atoms with Crippen LogP contribution >= 0.6 is 0 Å². The molecule has 1 aromatic heterocycles. The van der Waals surface area contributed by atoms with Crippen molar-refractivity contribution in [1.29, 1.82) is 0 Å². The number of hydrogen-bond donors (Lipinski definition) is 0. The van der Waals surface area contributed by atoms with E-state index in [4.69, 9.17) is 0 Å². The van der Waals surface area contributed by atoms with E-state index in [2.05, 4.69) is 60.4 Å². The van der Waals surface area contributed by atoms with Gasteiger partial charge in [0.2, 0.25) is 0 Å². The van der Waals surface area contributed by atoms with Gasteiger partial charge in [0, 0.05) is 5.56 Å². The van der Waals surface area contributed by atoms with Crippen LogP contribution in [0.3, 0.4) is 0 Å². The second-order valence-electron chi connectivity index (χ2n) is 8.90. The first-order valence-electron chi connectivity index (χ1n) is 11.6. The van der Waals surface area contributed by atoms with Crippen molar-refractivity contribution >= 4 is 0 Å². The van der Waals surface area contributed by atoms with E-state index in [1.165, 1.54) is 76.2 Å². The highest BCUT2D eigenvalue weighted by atomic mass is 15.1. The van der Waals surface area contributed by atoms with Gasteiger partial charge in [-0.1, -0.05) is 101 Å². The Balaban J connectivity index is 1.35. The van der Waals surface area contributed by atoms with E-state index in [1.807, 2.05) is 0 Å². The molecule has 0 N–H and O–H groups in total. The van der Waals surface area contributed by atoms with Crippen LogP contribution in [-0.4, -0.2) is 10.2 Å². The molecule has 0 bridgehead atoms. The van der Waals surface area contributed by atoms with E-state index in [0.717, 1.165) is 35.2 Å². The van der Waals surface area contributed by atoms with Crippen LogP contribution in [0.15, 0.2) is 36.4 Å². The lowest BCUT2D eigenvalue weighted by Gasteiger charge is -2.28. The molecular weight excluding hydrogens is 340 g/mol. The third-order valence-electron chi connectivity index (χ3n) is 6.56. The lowest BCUT2D eigenvalue weighted by atomic mass is 9.78. The zero-order valence-corrected chi connectivity index (χ0v) is 18.0. The van der Waals surface area contributed by atoms with Gasteiger partial charge < -0.3 is 0 Å². The number of nitrogens with zero attached hydrogens (tertiary/aromatic N) is 2. The van der Waals surface area contributed by atoms with Crippen LogP contribution in [0.5, 0.6) is 0 Å². The molecule has 1 aromatic carbocycles. The molecular formula is C26H38N2. The van der Waals surface area contributed by atoms with Crippen molar-refractivity contribution in [3.05, 3.63) is 47.7 Å². The molecule has 2 aromatic rings. The van der Waals surface area contributed by atoms with Crippen molar-refractivity contribution in [2.45, 2.75) is 90.9 Å². The van der Waals surface area contributed by atoms with E-state index < -0.39 is 0 Å². The Bertz CT molecular complexity index is 667. The van der Waals surface area contributed by atoms with Crippen LogP contribution in [0.1, 0.15) is 88.8 Å². The lowest BCUT2D eigenvalue weighted by molar-refractivity contribution is 0.248. The van der Waals surface area contributed by atoms with Gasteiger partial charge in [-0.25, -0.2) is 0 Å². The minimum absolute atomic E-state index is 0.898. The summed E-state index contributed by atoms with van der Waals surface area (Å²) < 4.78 is 0. The van der Waals surface area contributed by atoms with Crippen molar-refractivity contribution in [3.8, 4) is 11.3 Å². The molecule has 1 aliphatic carbocycles. The third-order valence-corrected chi connectivity index (χ3v) is 6.56. The SMILES string of the molecule is CCCCCCCC1CCC(CCc2ccc(-c3ccc(C)cc3)nn2)CC1. The predicted molar refractivity (Wildman–Crippen MR) is 119 cm³/mol. The first-order chi connectivity index (χ1) is 13.7. The van der Waals surface area contributed by atoms with Gasteiger partial charge in [0.1, 0.15) is 0 Å². The number of rotatable bonds is 10. The second kappa shape index (κ2) is 11.3. The maximum Gasteiger partial charge on any atom is 0.0929 e. The van der Waals surface area contributed by atoms with Crippen molar-refractivity contribution in [2.24, 2.45) is 11.8 Å². The number of unbranched alkanes of at least 4 members (excludes halogenated alkanes) is 4. The first-order valence-corrected chi connectivity index (χ1v) is 11.6. The molecule has 0 unspecified atom stereocenters. The largest absolute Gasteiger partial charge is 0.155 e. The lowest BCUT2D eigenvalue weighted by Crippen LogP contribution is -2.15. The second-order valence-corrected chi connectivity index (χ2v) is 8.90. The van der Waals surface area contributed by atoms with Gasteiger partial charge in [-0.3, -0.25) is 0 Å². The molecule has 0 radical (unpaired) electrons. The van der Waals surface area contributed by atoms with Gasteiger partial charge in [0.05, 0.1) is 11.4 Å². The molecule has 1 heterocycles. The summed E-state index contributed by atoms with van der Waals surface area (Å²) in [5.74, 6) is 1.90. The Morgan fingerprint density at radius 1 is 0.750 bits per heavy atom. The van der Waals surface area contributed by atoms with Gasteiger partial charge in [-0.2, -0.15) is 10.2 Å². The fraction of sp³-hybridized carbons (Fsp3) is 0.615. The van der Waals surface area contributed by atoms with Crippen molar-refractivity contribution in [3.63, 3.8) is 0 Å². The summed E-state index contributed by atoms with van der Waals surface area (Å²) in [6.07, 6.45) is 16.7. The topological polar surface area (TPSA) is 25.8 Å². The maximum absolute atomic E-state index is 4.49. The molecule has 3 rings (SSSR count). The van der Waals surface area contributed by atoms with Crippen LogP contribution in [0.4, 0.5) is 0 Å². The fourth-order valence-corrected chi connectivity index (χ4v) is 4.57. The minimum Gasteiger partial charge on any atom is -0.155 e. The molecule has 28 heavy (non-hydrogen) atoms. The third kappa shape index (κ3) is 6.72. The number of aromatic nitrogens is 2. The number of aryl methyl sites for hydroxylation is 2. The van der Waals surface area contributed by atoms with Crippen LogP contribution in [-0.2, 0) is 6.42 Å². The highest BCUT2D eigenvalue weighted by Gasteiger charge is 2.20. The quantitative estimate of drug-likeness (QED) is 0.399. The average Bonchev–Trinajstić information content (AvgIpc) is 2.74. The summed E-state index contributed by atoms with van der Waals surface area (Å²) in [5.41, 5.74) is 4.55. The number of hydrogen-bond acceptors (Lipinski definition) is 2. The maximum atomic E-state index is 4.49. The molecule has 2 heteroatoms. The molecule has 152 valence electrons. The standard InChI is InChI=1S/C26H38N2/c1-3-4-5-6-7-8-22-11-13-23(14-12-22)15-18-25-19-20-26(28-27-25)24-16-9-21(2)10-17-24/h9-10,16-17,19-20,22-23H,3-8,11-15,18H2,1-2H3. The van der Waals surface area contributed by atoms with Gasteiger partial charge in [-0.05, 0) is 43.7 Å². The highest BCUT2D eigenvalue weighted by molar-refractivity contribution is 5.58. The van der Waals surface area contributed by atoms with Crippen molar-refractivity contribution < 1.29 is 0 Å². The molecule has 1 saturated carbocycles. The molecule has 0 atom stereocenters. The zero-order chi connectivity index (χ0) is 19.6. The van der Waals surface area contributed by atoms with Crippen LogP contribution in [0, 0.1) is 18.8 Å². The van der Waals surface area contributed by atoms with Gasteiger partial charge in [0.25, 0.3) is 0 Å². The normalized spacial score (nSPS) is 19.6. The Hall–Kier alpha value is -1.70. The smallest absolute Gasteiger partial charge is 0.0929 e.